The van der Waals surface area contributed by atoms with Crippen molar-refractivity contribution in [2.45, 2.75) is 19.4 Å². The van der Waals surface area contributed by atoms with Crippen LogP contribution in [0.4, 0.5) is 5.82 Å². The van der Waals surface area contributed by atoms with Crippen molar-refractivity contribution in [1.82, 2.24) is 9.71 Å². The van der Waals surface area contributed by atoms with E-state index in [2.05, 4.69) is 15.0 Å². The lowest BCUT2D eigenvalue weighted by atomic mass is 9.95. The topological polar surface area (TPSA) is 94.2 Å². The first-order chi connectivity index (χ1) is 10.6. The number of anilines is 1. The molecule has 7 heteroatoms. The predicted molar refractivity (Wildman–Crippen MR) is 82.4 cm³/mol. The van der Waals surface area contributed by atoms with Crippen molar-refractivity contribution in [3.05, 3.63) is 47.7 Å². The summed E-state index contributed by atoms with van der Waals surface area (Å²) in [5.74, 6) is 0.616. The third-order valence-corrected chi connectivity index (χ3v) is 3.95. The number of amides is 1. The Bertz CT molecular complexity index is 731. The first kappa shape index (κ1) is 14.8. The van der Waals surface area contributed by atoms with Gasteiger partial charge in [0.15, 0.2) is 0 Å². The van der Waals surface area contributed by atoms with E-state index in [4.69, 9.17) is 0 Å². The number of nitrogens with zero attached hydrogens (tertiary/aromatic N) is 1. The number of carbonyl (C=O) groups is 1. The minimum atomic E-state index is -2.26. The fourth-order valence-electron chi connectivity index (χ4n) is 2.50. The molecule has 0 bridgehead atoms. The van der Waals surface area contributed by atoms with E-state index in [0.29, 0.717) is 18.7 Å². The fraction of sp³-hybridized carbons (Fsp3) is 0.200. The lowest BCUT2D eigenvalue weighted by Gasteiger charge is -2.19. The number of fused-ring (bicyclic) bond motifs is 1. The number of pyridine rings is 1. The van der Waals surface area contributed by atoms with Crippen molar-refractivity contribution < 1.29 is 13.6 Å². The average Bonchev–Trinajstić information content (AvgIpc) is 2.52. The Labute approximate surface area is 130 Å². The first-order valence-corrected chi connectivity index (χ1v) is 7.91. The van der Waals surface area contributed by atoms with E-state index < -0.39 is 11.3 Å². The molecule has 1 unspecified atom stereocenters. The normalized spacial score (nSPS) is 15.0. The maximum Gasteiger partial charge on any atom is 0.225 e. The number of rotatable bonds is 4. The number of nitrogens with one attached hydrogen (secondary N) is 2. The van der Waals surface area contributed by atoms with E-state index in [9.17, 15) is 13.6 Å². The monoisotopic (exact) mass is 316 g/mol. The van der Waals surface area contributed by atoms with Crippen LogP contribution in [0.5, 0.6) is 0 Å². The smallest absolute Gasteiger partial charge is 0.225 e. The Kier molecular flexibility index (Phi) is 4.28. The largest absolute Gasteiger partial charge is 0.760 e. The van der Waals surface area contributed by atoms with E-state index in [0.717, 1.165) is 22.3 Å². The molecule has 0 radical (unpaired) electrons. The Morgan fingerprint density at radius 2 is 2.00 bits per heavy atom. The van der Waals surface area contributed by atoms with E-state index in [1.165, 1.54) is 0 Å². The molecule has 2 N–H and O–H groups in total. The molecular weight excluding hydrogens is 302 g/mol. The number of carbonyl (C=O) groups excluding carboxylic acids is 1. The quantitative estimate of drug-likeness (QED) is 0.836. The molecule has 1 aromatic carbocycles. The molecule has 1 aliphatic heterocycles. The van der Waals surface area contributed by atoms with Crippen LogP contribution in [-0.4, -0.2) is 19.7 Å². The van der Waals surface area contributed by atoms with Gasteiger partial charge in [-0.05, 0) is 29.2 Å². The minimum absolute atomic E-state index is 0.0100. The summed E-state index contributed by atoms with van der Waals surface area (Å²) >= 11 is -2.26. The van der Waals surface area contributed by atoms with Gasteiger partial charge in [-0.3, -0.25) is 9.00 Å². The Morgan fingerprint density at radius 1 is 1.23 bits per heavy atom. The molecule has 3 rings (SSSR count). The lowest BCUT2D eigenvalue weighted by molar-refractivity contribution is -0.116. The van der Waals surface area contributed by atoms with Crippen LogP contribution >= 0.6 is 0 Å². The van der Waals surface area contributed by atoms with Gasteiger partial charge in [-0.2, -0.15) is 0 Å². The molecular formula is C15H14N3O3S-. The standard InChI is InChI=1S/C15H15N3O3S/c19-14-6-5-13-12(7-8-16-15(13)18-14)11-3-1-10(2-4-11)9-17-22(20)21/h1-4,7-8,17H,5-6,9H2,(H,20,21)(H,16,18,19)/p-1. The summed E-state index contributed by atoms with van der Waals surface area (Å²) in [4.78, 5) is 15.6. The van der Waals surface area contributed by atoms with Gasteiger partial charge in [0.1, 0.15) is 5.82 Å². The average molecular weight is 316 g/mol. The van der Waals surface area contributed by atoms with Crippen LogP contribution in [-0.2, 0) is 29.0 Å². The molecule has 0 aliphatic carbocycles. The van der Waals surface area contributed by atoms with Crippen LogP contribution in [0.25, 0.3) is 11.1 Å². The number of aromatic nitrogens is 1. The summed E-state index contributed by atoms with van der Waals surface area (Å²) in [6.45, 7) is 0.265. The maximum absolute atomic E-state index is 11.4. The number of hydrogen-bond donors (Lipinski definition) is 2. The Hall–Kier alpha value is -2.09. The van der Waals surface area contributed by atoms with E-state index >= 15 is 0 Å². The summed E-state index contributed by atoms with van der Waals surface area (Å²) in [6, 6.07) is 9.57. The third-order valence-electron chi connectivity index (χ3n) is 3.57. The highest BCUT2D eigenvalue weighted by Crippen LogP contribution is 2.31. The van der Waals surface area contributed by atoms with E-state index in [-0.39, 0.29) is 12.5 Å². The molecule has 1 aromatic heterocycles. The molecule has 0 saturated heterocycles. The van der Waals surface area contributed by atoms with Crippen LogP contribution in [0.1, 0.15) is 17.5 Å². The van der Waals surface area contributed by atoms with Gasteiger partial charge in [-0.25, -0.2) is 9.71 Å². The number of hydrogen-bond acceptors (Lipinski definition) is 4. The highest BCUT2D eigenvalue weighted by Gasteiger charge is 2.19. The van der Waals surface area contributed by atoms with Gasteiger partial charge >= 0.3 is 0 Å². The third kappa shape index (κ3) is 3.22. The number of benzene rings is 1. The van der Waals surface area contributed by atoms with Crippen LogP contribution in [0.3, 0.4) is 0 Å². The van der Waals surface area contributed by atoms with Crippen molar-refractivity contribution in [1.29, 1.82) is 0 Å². The van der Waals surface area contributed by atoms with Gasteiger partial charge in [-0.15, -0.1) is 0 Å². The van der Waals surface area contributed by atoms with Crippen molar-refractivity contribution in [3.63, 3.8) is 0 Å². The Balaban J connectivity index is 1.87. The summed E-state index contributed by atoms with van der Waals surface area (Å²) in [6.07, 6.45) is 2.81. The summed E-state index contributed by atoms with van der Waals surface area (Å²) in [5, 5.41) is 2.79. The Morgan fingerprint density at radius 3 is 2.73 bits per heavy atom. The highest BCUT2D eigenvalue weighted by atomic mass is 32.2. The van der Waals surface area contributed by atoms with Crippen molar-refractivity contribution >= 4 is 23.0 Å². The van der Waals surface area contributed by atoms with Gasteiger partial charge in [0.25, 0.3) is 0 Å². The maximum atomic E-state index is 11.4. The molecule has 6 nitrogen and oxygen atoms in total. The minimum Gasteiger partial charge on any atom is -0.760 e. The second kappa shape index (κ2) is 6.35. The molecule has 2 aromatic rings. The van der Waals surface area contributed by atoms with Crippen molar-refractivity contribution in [2.24, 2.45) is 0 Å². The first-order valence-electron chi connectivity index (χ1n) is 6.83. The molecule has 1 amide bonds. The van der Waals surface area contributed by atoms with Gasteiger partial charge in [0.05, 0.1) is 0 Å². The van der Waals surface area contributed by atoms with Gasteiger partial charge < -0.3 is 9.87 Å². The second-order valence-corrected chi connectivity index (χ2v) is 5.74. The van der Waals surface area contributed by atoms with E-state index in [1.807, 2.05) is 30.3 Å². The van der Waals surface area contributed by atoms with Crippen molar-refractivity contribution in [2.75, 3.05) is 5.32 Å². The zero-order chi connectivity index (χ0) is 15.5. The zero-order valence-corrected chi connectivity index (χ0v) is 12.5. The van der Waals surface area contributed by atoms with Crippen LogP contribution in [0, 0.1) is 0 Å². The van der Waals surface area contributed by atoms with Gasteiger partial charge in [0, 0.05) is 36.0 Å². The molecule has 22 heavy (non-hydrogen) atoms. The predicted octanol–water partition coefficient (Wildman–Crippen LogP) is 1.52. The summed E-state index contributed by atoms with van der Waals surface area (Å²) < 4.78 is 23.3. The molecule has 1 atom stereocenters. The SMILES string of the molecule is O=C1CCc2c(-c3ccc(CNS(=O)[O-])cc3)ccnc2N1. The van der Waals surface area contributed by atoms with Crippen LogP contribution in [0.15, 0.2) is 36.5 Å². The molecule has 114 valence electrons. The van der Waals surface area contributed by atoms with Gasteiger partial charge in [0.2, 0.25) is 5.91 Å². The molecule has 0 fully saturated rings. The van der Waals surface area contributed by atoms with Crippen molar-refractivity contribution in [3.8, 4) is 11.1 Å². The lowest BCUT2D eigenvalue weighted by Crippen LogP contribution is -2.20. The van der Waals surface area contributed by atoms with Gasteiger partial charge in [-0.1, -0.05) is 24.3 Å². The molecule has 2 heterocycles. The summed E-state index contributed by atoms with van der Waals surface area (Å²) in [5.41, 5.74) is 3.97. The highest BCUT2D eigenvalue weighted by molar-refractivity contribution is 7.77. The van der Waals surface area contributed by atoms with E-state index in [1.54, 1.807) is 6.20 Å². The fourth-order valence-corrected chi connectivity index (χ4v) is 2.79. The zero-order valence-electron chi connectivity index (χ0n) is 11.7. The van der Waals surface area contributed by atoms with Crippen LogP contribution in [0.2, 0.25) is 0 Å². The molecule has 1 aliphatic rings. The molecule has 0 saturated carbocycles. The van der Waals surface area contributed by atoms with Crippen LogP contribution < -0.4 is 10.0 Å². The second-order valence-electron chi connectivity index (χ2n) is 4.99. The summed E-state index contributed by atoms with van der Waals surface area (Å²) in [7, 11) is 0. The molecule has 0 spiro atoms.